The van der Waals surface area contributed by atoms with Crippen molar-refractivity contribution in [1.29, 1.82) is 0 Å². The maximum absolute atomic E-state index is 6.19. The fourth-order valence-corrected chi connectivity index (χ4v) is 4.76. The number of aromatic nitrogens is 3. The van der Waals surface area contributed by atoms with Crippen LogP contribution in [0, 0.1) is 13.8 Å². The molecule has 4 aromatic rings. The molecule has 0 radical (unpaired) electrons. The van der Waals surface area contributed by atoms with Gasteiger partial charge in [-0.2, -0.15) is 4.98 Å². The number of hydrogen-bond donors (Lipinski definition) is 2. The van der Waals surface area contributed by atoms with Crippen molar-refractivity contribution in [2.45, 2.75) is 39.3 Å². The molecular weight excluding hydrogens is 448 g/mol. The lowest BCUT2D eigenvalue weighted by Crippen LogP contribution is -2.37. The van der Waals surface area contributed by atoms with Crippen LogP contribution in [-0.4, -0.2) is 46.2 Å². The summed E-state index contributed by atoms with van der Waals surface area (Å²) in [7, 11) is 2.16. The SMILES string of the molecule is Cc1noc(C)c1-c1ccc2nc(NC3CCN(C)CC3)nc(NCc3cccc(Cl)c3)c2c1. The van der Waals surface area contributed by atoms with Crippen molar-refractivity contribution >= 4 is 34.3 Å². The number of rotatable bonds is 6. The van der Waals surface area contributed by atoms with Crippen LogP contribution in [0.25, 0.3) is 22.0 Å². The number of nitrogens with zero attached hydrogens (tertiary/aromatic N) is 4. The number of hydrogen-bond acceptors (Lipinski definition) is 7. The van der Waals surface area contributed by atoms with Gasteiger partial charge in [-0.15, -0.1) is 0 Å². The van der Waals surface area contributed by atoms with E-state index in [0.29, 0.717) is 18.5 Å². The van der Waals surface area contributed by atoms with Gasteiger partial charge in [-0.05, 0) is 82.2 Å². The highest BCUT2D eigenvalue weighted by Gasteiger charge is 2.19. The van der Waals surface area contributed by atoms with Gasteiger partial charge in [0, 0.05) is 28.6 Å². The lowest BCUT2D eigenvalue weighted by Gasteiger charge is -2.29. The summed E-state index contributed by atoms with van der Waals surface area (Å²) in [5, 5.41) is 12.9. The summed E-state index contributed by atoms with van der Waals surface area (Å²) in [6.45, 7) is 6.65. The lowest BCUT2D eigenvalue weighted by atomic mass is 10.0. The second-order valence-electron chi connectivity index (χ2n) is 9.03. The number of anilines is 2. The number of piperidine rings is 1. The summed E-state index contributed by atoms with van der Waals surface area (Å²) in [6, 6.07) is 14.5. The molecule has 0 spiro atoms. The zero-order valence-electron chi connectivity index (χ0n) is 19.7. The van der Waals surface area contributed by atoms with Gasteiger partial charge in [0.2, 0.25) is 5.95 Å². The number of halogens is 1. The number of aryl methyl sites for hydroxylation is 2. The molecule has 1 fully saturated rings. The normalized spacial score (nSPS) is 15.1. The Balaban J connectivity index is 1.51. The molecule has 2 aromatic carbocycles. The molecule has 7 nitrogen and oxygen atoms in total. The minimum absolute atomic E-state index is 0.371. The van der Waals surface area contributed by atoms with Crippen LogP contribution in [0.2, 0.25) is 5.02 Å². The molecule has 0 saturated carbocycles. The summed E-state index contributed by atoms with van der Waals surface area (Å²) in [4.78, 5) is 12.1. The molecule has 0 amide bonds. The van der Waals surface area contributed by atoms with Crippen molar-refractivity contribution in [3.8, 4) is 11.1 Å². The maximum atomic E-state index is 6.19. The largest absolute Gasteiger partial charge is 0.365 e. The zero-order chi connectivity index (χ0) is 23.7. The Morgan fingerprint density at radius 3 is 2.65 bits per heavy atom. The number of benzene rings is 2. The van der Waals surface area contributed by atoms with Gasteiger partial charge in [0.25, 0.3) is 0 Å². The quantitative estimate of drug-likeness (QED) is 0.371. The molecular formula is C26H29ClN6O. The second-order valence-corrected chi connectivity index (χ2v) is 9.47. The highest BCUT2D eigenvalue weighted by atomic mass is 35.5. The summed E-state index contributed by atoms with van der Waals surface area (Å²) in [6.07, 6.45) is 2.16. The first-order chi connectivity index (χ1) is 16.5. The molecule has 8 heteroatoms. The van der Waals surface area contributed by atoms with Crippen LogP contribution in [-0.2, 0) is 6.54 Å². The van der Waals surface area contributed by atoms with Gasteiger partial charge in [0.1, 0.15) is 11.6 Å². The van der Waals surface area contributed by atoms with Crippen LogP contribution in [0.15, 0.2) is 47.0 Å². The van der Waals surface area contributed by atoms with Crippen molar-refractivity contribution in [3.63, 3.8) is 0 Å². The first-order valence-corrected chi connectivity index (χ1v) is 12.0. The van der Waals surface area contributed by atoms with Crippen LogP contribution in [0.1, 0.15) is 29.9 Å². The predicted octanol–water partition coefficient (Wildman–Crippen LogP) is 5.67. The van der Waals surface area contributed by atoms with E-state index in [1.807, 2.05) is 38.1 Å². The highest BCUT2D eigenvalue weighted by molar-refractivity contribution is 6.30. The van der Waals surface area contributed by atoms with Crippen LogP contribution < -0.4 is 10.6 Å². The summed E-state index contributed by atoms with van der Waals surface area (Å²) < 4.78 is 5.40. The van der Waals surface area contributed by atoms with Crippen molar-refractivity contribution < 1.29 is 4.52 Å². The zero-order valence-corrected chi connectivity index (χ0v) is 20.5. The summed E-state index contributed by atoms with van der Waals surface area (Å²) in [5.41, 5.74) is 4.89. The maximum Gasteiger partial charge on any atom is 0.225 e. The van der Waals surface area contributed by atoms with E-state index in [1.54, 1.807) is 0 Å². The third-order valence-electron chi connectivity index (χ3n) is 6.42. The van der Waals surface area contributed by atoms with E-state index in [2.05, 4.69) is 45.9 Å². The lowest BCUT2D eigenvalue weighted by molar-refractivity contribution is 0.263. The number of fused-ring (bicyclic) bond motifs is 1. The molecule has 3 heterocycles. The van der Waals surface area contributed by atoms with Gasteiger partial charge in [-0.25, -0.2) is 4.98 Å². The molecule has 1 saturated heterocycles. The van der Waals surface area contributed by atoms with Crippen molar-refractivity contribution in [2.24, 2.45) is 0 Å². The topological polar surface area (TPSA) is 79.1 Å². The fraction of sp³-hybridized carbons (Fsp3) is 0.346. The Morgan fingerprint density at radius 1 is 1.09 bits per heavy atom. The minimum Gasteiger partial charge on any atom is -0.365 e. The third-order valence-corrected chi connectivity index (χ3v) is 6.65. The predicted molar refractivity (Wildman–Crippen MR) is 137 cm³/mol. The second kappa shape index (κ2) is 9.60. The Labute approximate surface area is 204 Å². The third kappa shape index (κ3) is 4.86. The first-order valence-electron chi connectivity index (χ1n) is 11.6. The summed E-state index contributed by atoms with van der Waals surface area (Å²) in [5.74, 6) is 2.24. The molecule has 0 unspecified atom stereocenters. The van der Waals surface area contributed by atoms with Crippen molar-refractivity contribution in [2.75, 3.05) is 30.8 Å². The number of nitrogens with one attached hydrogen (secondary N) is 2. The van der Waals surface area contributed by atoms with E-state index in [0.717, 1.165) is 75.8 Å². The fourth-order valence-electron chi connectivity index (χ4n) is 4.55. The Bertz CT molecular complexity index is 1290. The van der Waals surface area contributed by atoms with Gasteiger partial charge in [0.05, 0.1) is 11.2 Å². The van der Waals surface area contributed by atoms with Crippen LogP contribution in [0.4, 0.5) is 11.8 Å². The molecule has 0 aliphatic carbocycles. The first kappa shape index (κ1) is 22.6. The van der Waals surface area contributed by atoms with E-state index >= 15 is 0 Å². The van der Waals surface area contributed by atoms with Crippen LogP contribution >= 0.6 is 11.6 Å². The molecule has 0 bridgehead atoms. The smallest absolute Gasteiger partial charge is 0.225 e. The Morgan fingerprint density at radius 2 is 1.91 bits per heavy atom. The van der Waals surface area contributed by atoms with Crippen molar-refractivity contribution in [1.82, 2.24) is 20.0 Å². The molecule has 34 heavy (non-hydrogen) atoms. The molecule has 1 aliphatic heterocycles. The molecule has 176 valence electrons. The van der Waals surface area contributed by atoms with Gasteiger partial charge in [-0.1, -0.05) is 35.0 Å². The Kier molecular flexibility index (Phi) is 6.39. The van der Waals surface area contributed by atoms with E-state index in [4.69, 9.17) is 26.1 Å². The van der Waals surface area contributed by atoms with Gasteiger partial charge < -0.3 is 20.1 Å². The molecule has 2 N–H and O–H groups in total. The van der Waals surface area contributed by atoms with Crippen LogP contribution in [0.3, 0.4) is 0 Å². The van der Waals surface area contributed by atoms with Gasteiger partial charge >= 0.3 is 0 Å². The molecule has 5 rings (SSSR count). The van der Waals surface area contributed by atoms with E-state index < -0.39 is 0 Å². The molecule has 0 atom stereocenters. The number of likely N-dealkylation sites (tertiary alicyclic amines) is 1. The Hall–Kier alpha value is -3.16. The molecule has 1 aliphatic rings. The molecule has 2 aromatic heterocycles. The average Bonchev–Trinajstić information content (AvgIpc) is 3.16. The minimum atomic E-state index is 0.371. The average molecular weight is 477 g/mol. The highest BCUT2D eigenvalue weighted by Crippen LogP contribution is 2.32. The van der Waals surface area contributed by atoms with Crippen LogP contribution in [0.5, 0.6) is 0 Å². The van der Waals surface area contributed by atoms with E-state index in [1.165, 1.54) is 0 Å². The van der Waals surface area contributed by atoms with E-state index in [9.17, 15) is 0 Å². The van der Waals surface area contributed by atoms with E-state index in [-0.39, 0.29) is 0 Å². The van der Waals surface area contributed by atoms with Gasteiger partial charge in [-0.3, -0.25) is 0 Å². The van der Waals surface area contributed by atoms with Crippen molar-refractivity contribution in [3.05, 3.63) is 64.5 Å². The summed E-state index contributed by atoms with van der Waals surface area (Å²) >= 11 is 6.19. The standard InChI is InChI=1S/C26H29ClN6O/c1-16-24(17(2)34-32-16)19-7-8-23-22(14-19)25(28-15-18-5-4-6-20(27)13-18)31-26(30-23)29-21-9-11-33(3)12-10-21/h4-8,13-14,21H,9-12,15H2,1-3H3,(H2,28,29,30,31). The monoisotopic (exact) mass is 476 g/mol. The van der Waals surface area contributed by atoms with Gasteiger partial charge in [0.15, 0.2) is 0 Å².